The third-order valence-electron chi connectivity index (χ3n) is 4.12. The zero-order valence-electron chi connectivity index (χ0n) is 14.4. The summed E-state index contributed by atoms with van der Waals surface area (Å²) in [4.78, 5) is 26.4. The van der Waals surface area contributed by atoms with Crippen LogP contribution in [0.1, 0.15) is 38.1 Å². The van der Waals surface area contributed by atoms with E-state index < -0.39 is 0 Å². The minimum Gasteiger partial charge on any atom is -0.338 e. The molecule has 3 N–H and O–H groups in total. The number of aryl methyl sites for hydroxylation is 2. The van der Waals surface area contributed by atoms with E-state index in [0.29, 0.717) is 25.6 Å². The van der Waals surface area contributed by atoms with Crippen LogP contribution in [0.15, 0.2) is 0 Å². The van der Waals surface area contributed by atoms with Gasteiger partial charge in [0.05, 0.1) is 23.0 Å². The lowest BCUT2D eigenvalue weighted by molar-refractivity contribution is -0.121. The topological polar surface area (TPSA) is 90.1 Å². The molecule has 1 aromatic rings. The first-order valence-electron chi connectivity index (χ1n) is 8.23. The Hall–Kier alpha value is -2.05. The van der Waals surface area contributed by atoms with Gasteiger partial charge in [0.1, 0.15) is 0 Å². The zero-order valence-corrected chi connectivity index (χ0v) is 14.4. The quantitative estimate of drug-likeness (QED) is 0.792. The maximum atomic E-state index is 12.5. The van der Waals surface area contributed by atoms with Gasteiger partial charge in [0.15, 0.2) is 0 Å². The number of aromatic nitrogens is 2. The predicted octanol–water partition coefficient (Wildman–Crippen LogP) is 2.04. The molecule has 1 aliphatic heterocycles. The number of carbonyl (C=O) groups is 2. The number of nitrogens with one attached hydrogen (secondary N) is 3. The number of H-pyrrole nitrogens is 1. The van der Waals surface area contributed by atoms with Gasteiger partial charge in [-0.2, -0.15) is 5.10 Å². The summed E-state index contributed by atoms with van der Waals surface area (Å²) in [5.41, 5.74) is 2.37. The average Bonchev–Trinajstić information content (AvgIpc) is 2.84. The number of hydrogen-bond donors (Lipinski definition) is 3. The van der Waals surface area contributed by atoms with E-state index in [1.165, 1.54) is 0 Å². The number of aromatic amines is 1. The number of amides is 3. The lowest BCUT2D eigenvalue weighted by Crippen LogP contribution is -2.48. The molecule has 2 rings (SSSR count). The fourth-order valence-corrected chi connectivity index (χ4v) is 2.74. The van der Waals surface area contributed by atoms with Crippen LogP contribution in [0.5, 0.6) is 0 Å². The molecule has 3 amide bonds. The van der Waals surface area contributed by atoms with Crippen molar-refractivity contribution in [1.82, 2.24) is 20.4 Å². The summed E-state index contributed by atoms with van der Waals surface area (Å²) in [7, 11) is 0. The van der Waals surface area contributed by atoms with Crippen molar-refractivity contribution in [3.63, 3.8) is 0 Å². The first-order chi connectivity index (χ1) is 10.9. The summed E-state index contributed by atoms with van der Waals surface area (Å²) in [6.45, 7) is 9.67. The Labute approximate surface area is 137 Å². The van der Waals surface area contributed by atoms with Crippen LogP contribution in [0.3, 0.4) is 0 Å². The normalized spacial score (nSPS) is 18.1. The molecule has 1 aliphatic rings. The van der Waals surface area contributed by atoms with Crippen LogP contribution < -0.4 is 10.6 Å². The van der Waals surface area contributed by atoms with Gasteiger partial charge in [0.2, 0.25) is 5.91 Å². The SMILES string of the molecule is Cc1n[nH]c(C)c1NC(=O)[C@@H]1CCCN(C(=O)NCC(C)C)C1. The van der Waals surface area contributed by atoms with Crippen molar-refractivity contribution in [2.75, 3.05) is 25.0 Å². The van der Waals surface area contributed by atoms with Crippen LogP contribution in [-0.4, -0.2) is 46.7 Å². The molecule has 1 aromatic heterocycles. The van der Waals surface area contributed by atoms with Crippen molar-refractivity contribution in [2.24, 2.45) is 11.8 Å². The van der Waals surface area contributed by atoms with Crippen LogP contribution in [0, 0.1) is 25.7 Å². The highest BCUT2D eigenvalue weighted by atomic mass is 16.2. The monoisotopic (exact) mass is 321 g/mol. The number of piperidine rings is 1. The average molecular weight is 321 g/mol. The standard InChI is InChI=1S/C16H27N5O2/c1-10(2)8-17-16(23)21-7-5-6-13(9-21)15(22)18-14-11(3)19-20-12(14)4/h10,13H,5-9H2,1-4H3,(H,17,23)(H,18,22)(H,19,20)/t13-/m1/s1. The molecule has 0 spiro atoms. The first-order valence-corrected chi connectivity index (χ1v) is 8.23. The van der Waals surface area contributed by atoms with Crippen LogP contribution in [-0.2, 0) is 4.79 Å². The van der Waals surface area contributed by atoms with Gasteiger partial charge >= 0.3 is 6.03 Å². The Bertz CT molecular complexity index is 547. The van der Waals surface area contributed by atoms with Crippen LogP contribution in [0.2, 0.25) is 0 Å². The Kier molecular flexibility index (Phi) is 5.63. The molecule has 1 atom stereocenters. The molecule has 0 aromatic carbocycles. The van der Waals surface area contributed by atoms with Crippen molar-refractivity contribution < 1.29 is 9.59 Å². The van der Waals surface area contributed by atoms with E-state index in [-0.39, 0.29) is 17.9 Å². The van der Waals surface area contributed by atoms with Gasteiger partial charge in [-0.05, 0) is 32.6 Å². The summed E-state index contributed by atoms with van der Waals surface area (Å²) >= 11 is 0. The van der Waals surface area contributed by atoms with Crippen molar-refractivity contribution in [1.29, 1.82) is 0 Å². The fourth-order valence-electron chi connectivity index (χ4n) is 2.74. The molecule has 0 saturated carbocycles. The van der Waals surface area contributed by atoms with Crippen molar-refractivity contribution in [2.45, 2.75) is 40.5 Å². The minimum atomic E-state index is -0.178. The molecule has 128 valence electrons. The largest absolute Gasteiger partial charge is 0.338 e. The number of urea groups is 1. The predicted molar refractivity (Wildman–Crippen MR) is 89.2 cm³/mol. The number of carbonyl (C=O) groups excluding carboxylic acids is 2. The van der Waals surface area contributed by atoms with Crippen molar-refractivity contribution >= 4 is 17.6 Å². The van der Waals surface area contributed by atoms with E-state index in [9.17, 15) is 9.59 Å². The zero-order chi connectivity index (χ0) is 17.0. The van der Waals surface area contributed by atoms with E-state index in [2.05, 4.69) is 34.7 Å². The van der Waals surface area contributed by atoms with Gasteiger partial charge in [-0.15, -0.1) is 0 Å². The highest BCUT2D eigenvalue weighted by Crippen LogP contribution is 2.21. The van der Waals surface area contributed by atoms with Crippen molar-refractivity contribution in [3.05, 3.63) is 11.4 Å². The van der Waals surface area contributed by atoms with Crippen LogP contribution in [0.25, 0.3) is 0 Å². The van der Waals surface area contributed by atoms with Gasteiger partial charge in [-0.1, -0.05) is 13.8 Å². The van der Waals surface area contributed by atoms with Crippen molar-refractivity contribution in [3.8, 4) is 0 Å². The molecule has 23 heavy (non-hydrogen) atoms. The molecule has 1 saturated heterocycles. The second-order valence-electron chi connectivity index (χ2n) is 6.66. The van der Waals surface area contributed by atoms with E-state index in [1.54, 1.807) is 4.90 Å². The summed E-state index contributed by atoms with van der Waals surface area (Å²) < 4.78 is 0. The molecule has 7 nitrogen and oxygen atoms in total. The fraction of sp³-hybridized carbons (Fsp3) is 0.688. The lowest BCUT2D eigenvalue weighted by atomic mass is 9.97. The van der Waals surface area contributed by atoms with E-state index in [0.717, 1.165) is 29.9 Å². The highest BCUT2D eigenvalue weighted by molar-refractivity contribution is 5.94. The van der Waals surface area contributed by atoms with Gasteiger partial charge in [-0.3, -0.25) is 9.89 Å². The molecular formula is C16H27N5O2. The lowest BCUT2D eigenvalue weighted by Gasteiger charge is -2.32. The Morgan fingerprint density at radius 3 is 2.74 bits per heavy atom. The number of likely N-dealkylation sites (tertiary alicyclic amines) is 1. The number of nitrogens with zero attached hydrogens (tertiary/aromatic N) is 2. The highest BCUT2D eigenvalue weighted by Gasteiger charge is 2.29. The Balaban J connectivity index is 1.92. The van der Waals surface area contributed by atoms with E-state index in [4.69, 9.17) is 0 Å². The summed E-state index contributed by atoms with van der Waals surface area (Å²) in [6.07, 6.45) is 1.65. The number of hydrogen-bond acceptors (Lipinski definition) is 3. The second-order valence-corrected chi connectivity index (χ2v) is 6.66. The molecule has 0 unspecified atom stereocenters. The van der Waals surface area contributed by atoms with E-state index >= 15 is 0 Å². The van der Waals surface area contributed by atoms with Gasteiger partial charge in [0, 0.05) is 19.6 Å². The molecule has 1 fully saturated rings. The molecule has 2 heterocycles. The molecule has 0 radical (unpaired) electrons. The molecule has 0 aliphatic carbocycles. The summed E-state index contributed by atoms with van der Waals surface area (Å²) in [5, 5.41) is 12.8. The number of rotatable bonds is 4. The smallest absolute Gasteiger partial charge is 0.317 e. The second kappa shape index (κ2) is 7.48. The van der Waals surface area contributed by atoms with Gasteiger partial charge in [-0.25, -0.2) is 4.79 Å². The van der Waals surface area contributed by atoms with Gasteiger partial charge in [0.25, 0.3) is 0 Å². The molecule has 7 heteroatoms. The summed E-state index contributed by atoms with van der Waals surface area (Å²) in [6, 6.07) is -0.0770. The summed E-state index contributed by atoms with van der Waals surface area (Å²) in [5.74, 6) is 0.191. The minimum absolute atomic E-state index is 0.0426. The Morgan fingerprint density at radius 2 is 2.13 bits per heavy atom. The van der Waals surface area contributed by atoms with Gasteiger partial charge < -0.3 is 15.5 Å². The first kappa shape index (κ1) is 17.3. The maximum Gasteiger partial charge on any atom is 0.317 e. The number of anilines is 1. The maximum absolute atomic E-state index is 12.5. The Morgan fingerprint density at radius 1 is 1.39 bits per heavy atom. The third-order valence-corrected chi connectivity index (χ3v) is 4.12. The van der Waals surface area contributed by atoms with E-state index in [1.807, 2.05) is 13.8 Å². The molecular weight excluding hydrogens is 294 g/mol. The molecule has 0 bridgehead atoms. The third kappa shape index (κ3) is 4.46. The van der Waals surface area contributed by atoms with Crippen LogP contribution >= 0.6 is 0 Å². The van der Waals surface area contributed by atoms with Crippen LogP contribution in [0.4, 0.5) is 10.5 Å².